The second-order valence-electron chi connectivity index (χ2n) is 3.52. The van der Waals surface area contributed by atoms with Gasteiger partial charge in [-0.25, -0.2) is 4.98 Å². The van der Waals surface area contributed by atoms with Crippen molar-refractivity contribution in [2.24, 2.45) is 5.73 Å². The first-order valence-electron chi connectivity index (χ1n) is 4.28. The van der Waals surface area contributed by atoms with Crippen LogP contribution in [0.3, 0.4) is 0 Å². The van der Waals surface area contributed by atoms with Crippen molar-refractivity contribution in [3.05, 3.63) is 24.4 Å². The Hall–Kier alpha value is -1.42. The van der Waals surface area contributed by atoms with E-state index in [2.05, 4.69) is 9.97 Å². The molecule has 1 fully saturated rings. The van der Waals surface area contributed by atoms with Gasteiger partial charge >= 0.3 is 0 Å². The number of hydrogen-bond acceptors (Lipinski definition) is 4. The molecule has 0 saturated heterocycles. The van der Waals surface area contributed by atoms with E-state index in [1.165, 1.54) is 0 Å². The van der Waals surface area contributed by atoms with Crippen molar-refractivity contribution < 1.29 is 4.42 Å². The highest BCUT2D eigenvalue weighted by atomic mass is 16.4. The minimum Gasteiger partial charge on any atom is -0.439 e. The molecule has 2 N–H and O–H groups in total. The summed E-state index contributed by atoms with van der Waals surface area (Å²) in [6.07, 6.45) is 5.31. The standard InChI is InChI=1S/C9H9N3O/c10-9(2-3-9)8-12-6-5-11-4-1-7(6)13-8/h1,4-5H,2-3,10H2. The molecule has 0 radical (unpaired) electrons. The summed E-state index contributed by atoms with van der Waals surface area (Å²) in [6, 6.07) is 1.80. The van der Waals surface area contributed by atoms with E-state index in [4.69, 9.17) is 10.2 Å². The number of pyridine rings is 1. The Bertz CT molecular complexity index is 426. The van der Waals surface area contributed by atoms with Gasteiger partial charge in [-0.3, -0.25) is 4.98 Å². The molecule has 66 valence electrons. The van der Waals surface area contributed by atoms with Crippen LogP contribution >= 0.6 is 0 Å². The topological polar surface area (TPSA) is 64.9 Å². The van der Waals surface area contributed by atoms with E-state index >= 15 is 0 Å². The van der Waals surface area contributed by atoms with Crippen molar-refractivity contribution in [1.82, 2.24) is 9.97 Å². The summed E-state index contributed by atoms with van der Waals surface area (Å²) >= 11 is 0. The van der Waals surface area contributed by atoms with Gasteiger partial charge in [0.15, 0.2) is 5.58 Å². The Balaban J connectivity index is 2.22. The molecule has 0 spiro atoms. The average molecular weight is 175 g/mol. The van der Waals surface area contributed by atoms with Gasteiger partial charge in [0.2, 0.25) is 5.89 Å². The largest absolute Gasteiger partial charge is 0.439 e. The van der Waals surface area contributed by atoms with Crippen LogP contribution in [0.25, 0.3) is 11.1 Å². The first kappa shape index (κ1) is 7.03. The van der Waals surface area contributed by atoms with Crippen LogP contribution in [0.1, 0.15) is 18.7 Å². The normalized spacial score (nSPS) is 19.2. The highest BCUT2D eigenvalue weighted by Gasteiger charge is 2.44. The summed E-state index contributed by atoms with van der Waals surface area (Å²) in [7, 11) is 0. The Morgan fingerprint density at radius 1 is 1.46 bits per heavy atom. The van der Waals surface area contributed by atoms with Crippen molar-refractivity contribution in [3.8, 4) is 0 Å². The van der Waals surface area contributed by atoms with Crippen LogP contribution < -0.4 is 5.73 Å². The summed E-state index contributed by atoms with van der Waals surface area (Å²) in [5.41, 5.74) is 7.21. The lowest BCUT2D eigenvalue weighted by atomic mass is 10.3. The average Bonchev–Trinajstić information content (AvgIpc) is 2.76. The van der Waals surface area contributed by atoms with Gasteiger partial charge in [-0.15, -0.1) is 0 Å². The third-order valence-corrected chi connectivity index (χ3v) is 2.40. The Kier molecular flexibility index (Phi) is 1.13. The molecule has 1 saturated carbocycles. The molecular weight excluding hydrogens is 166 g/mol. The van der Waals surface area contributed by atoms with Crippen LogP contribution in [0.15, 0.2) is 22.9 Å². The zero-order valence-electron chi connectivity index (χ0n) is 7.03. The number of nitrogens with two attached hydrogens (primary N) is 1. The van der Waals surface area contributed by atoms with E-state index in [-0.39, 0.29) is 5.54 Å². The van der Waals surface area contributed by atoms with Crippen molar-refractivity contribution in [1.29, 1.82) is 0 Å². The van der Waals surface area contributed by atoms with Crippen LogP contribution in [-0.4, -0.2) is 9.97 Å². The lowest BCUT2D eigenvalue weighted by Gasteiger charge is -1.99. The van der Waals surface area contributed by atoms with E-state index in [9.17, 15) is 0 Å². The summed E-state index contributed by atoms with van der Waals surface area (Å²) in [5.74, 6) is 0.649. The minimum absolute atomic E-state index is 0.293. The Morgan fingerprint density at radius 2 is 2.31 bits per heavy atom. The van der Waals surface area contributed by atoms with Crippen LogP contribution in [0.2, 0.25) is 0 Å². The van der Waals surface area contributed by atoms with E-state index in [0.29, 0.717) is 5.89 Å². The van der Waals surface area contributed by atoms with E-state index in [1.807, 2.05) is 0 Å². The predicted molar refractivity (Wildman–Crippen MR) is 46.9 cm³/mol. The molecule has 0 unspecified atom stereocenters. The van der Waals surface area contributed by atoms with Crippen molar-refractivity contribution in [2.75, 3.05) is 0 Å². The number of fused-ring (bicyclic) bond motifs is 1. The molecular formula is C9H9N3O. The molecule has 2 heterocycles. The van der Waals surface area contributed by atoms with Gasteiger partial charge in [0.05, 0.1) is 11.7 Å². The molecule has 2 aromatic rings. The molecule has 4 nitrogen and oxygen atoms in total. The smallest absolute Gasteiger partial charge is 0.215 e. The van der Waals surface area contributed by atoms with Gasteiger partial charge in [0.25, 0.3) is 0 Å². The van der Waals surface area contributed by atoms with E-state index in [1.54, 1.807) is 18.5 Å². The number of nitrogens with zero attached hydrogens (tertiary/aromatic N) is 2. The van der Waals surface area contributed by atoms with Crippen molar-refractivity contribution >= 4 is 11.1 Å². The number of oxazole rings is 1. The SMILES string of the molecule is NC1(c2nc3cnccc3o2)CC1. The van der Waals surface area contributed by atoms with Crippen molar-refractivity contribution in [2.45, 2.75) is 18.4 Å². The summed E-state index contributed by atoms with van der Waals surface area (Å²) in [6.45, 7) is 0. The molecule has 4 heteroatoms. The second kappa shape index (κ2) is 2.09. The maximum Gasteiger partial charge on any atom is 0.215 e. The van der Waals surface area contributed by atoms with Gasteiger partial charge in [-0.05, 0) is 12.8 Å². The van der Waals surface area contributed by atoms with E-state index in [0.717, 1.165) is 23.9 Å². The number of rotatable bonds is 1. The summed E-state index contributed by atoms with van der Waals surface area (Å²) < 4.78 is 5.52. The van der Waals surface area contributed by atoms with Crippen molar-refractivity contribution in [3.63, 3.8) is 0 Å². The Morgan fingerprint density at radius 3 is 3.00 bits per heavy atom. The number of hydrogen-bond donors (Lipinski definition) is 1. The van der Waals surface area contributed by atoms with Gasteiger partial charge in [0, 0.05) is 12.3 Å². The minimum atomic E-state index is -0.293. The summed E-state index contributed by atoms with van der Waals surface area (Å²) in [5, 5.41) is 0. The molecule has 3 rings (SSSR count). The van der Waals surface area contributed by atoms with E-state index < -0.39 is 0 Å². The fourth-order valence-corrected chi connectivity index (χ4v) is 1.34. The van der Waals surface area contributed by atoms with Crippen LogP contribution in [-0.2, 0) is 5.54 Å². The van der Waals surface area contributed by atoms with Crippen LogP contribution in [0.4, 0.5) is 0 Å². The monoisotopic (exact) mass is 175 g/mol. The first-order chi connectivity index (χ1) is 6.28. The third kappa shape index (κ3) is 0.954. The lowest BCUT2D eigenvalue weighted by molar-refractivity contribution is 0.465. The molecule has 0 bridgehead atoms. The highest BCUT2D eigenvalue weighted by Crippen LogP contribution is 2.42. The Labute approximate surface area is 74.8 Å². The van der Waals surface area contributed by atoms with Gasteiger partial charge < -0.3 is 10.2 Å². The van der Waals surface area contributed by atoms with Crippen LogP contribution in [0.5, 0.6) is 0 Å². The fourth-order valence-electron chi connectivity index (χ4n) is 1.34. The predicted octanol–water partition coefficient (Wildman–Crippen LogP) is 1.17. The molecule has 0 aromatic carbocycles. The quantitative estimate of drug-likeness (QED) is 0.706. The molecule has 1 aliphatic rings. The first-order valence-corrected chi connectivity index (χ1v) is 4.28. The fraction of sp³-hybridized carbons (Fsp3) is 0.333. The maximum absolute atomic E-state index is 5.96. The van der Waals surface area contributed by atoms with Gasteiger partial charge in [0.1, 0.15) is 5.52 Å². The van der Waals surface area contributed by atoms with Gasteiger partial charge in [-0.2, -0.15) is 0 Å². The maximum atomic E-state index is 5.96. The number of aromatic nitrogens is 2. The molecule has 1 aliphatic carbocycles. The zero-order valence-corrected chi connectivity index (χ0v) is 7.03. The third-order valence-electron chi connectivity index (χ3n) is 2.40. The zero-order chi connectivity index (χ0) is 8.89. The summed E-state index contributed by atoms with van der Waals surface area (Å²) in [4.78, 5) is 8.26. The lowest BCUT2D eigenvalue weighted by Crippen LogP contribution is -2.18. The van der Waals surface area contributed by atoms with Gasteiger partial charge in [-0.1, -0.05) is 0 Å². The molecule has 0 atom stereocenters. The molecule has 0 aliphatic heterocycles. The molecule has 13 heavy (non-hydrogen) atoms. The molecule has 2 aromatic heterocycles. The second-order valence-corrected chi connectivity index (χ2v) is 3.52. The highest BCUT2D eigenvalue weighted by molar-refractivity contribution is 5.71. The van der Waals surface area contributed by atoms with Crippen LogP contribution in [0, 0.1) is 0 Å². The molecule has 0 amide bonds.